The van der Waals surface area contributed by atoms with Crippen LogP contribution < -0.4 is 10.1 Å². The number of para-hydroxylation sites is 1. The summed E-state index contributed by atoms with van der Waals surface area (Å²) in [5.74, 6) is 0.920. The molecule has 0 amide bonds. The van der Waals surface area contributed by atoms with Gasteiger partial charge in [0.1, 0.15) is 5.75 Å². The van der Waals surface area contributed by atoms with E-state index < -0.39 is 0 Å². The largest absolute Gasteiger partial charge is 0.494 e. The van der Waals surface area contributed by atoms with Crippen LogP contribution in [0.25, 0.3) is 0 Å². The summed E-state index contributed by atoms with van der Waals surface area (Å²) in [6.45, 7) is 7.60. The summed E-state index contributed by atoms with van der Waals surface area (Å²) in [5, 5.41) is 3.31. The fourth-order valence-corrected chi connectivity index (χ4v) is 1.66. The van der Waals surface area contributed by atoms with Crippen molar-refractivity contribution in [2.24, 2.45) is 0 Å². The molecule has 0 fully saturated rings. The van der Waals surface area contributed by atoms with Crippen LogP contribution in [-0.2, 0) is 9.47 Å². The highest BCUT2D eigenvalue weighted by molar-refractivity contribution is 5.20. The molecule has 108 valence electrons. The van der Waals surface area contributed by atoms with Crippen molar-refractivity contribution >= 4 is 0 Å². The lowest BCUT2D eigenvalue weighted by molar-refractivity contribution is -0.132. The normalized spacial score (nSPS) is 10.9. The molecule has 0 aromatic heterocycles. The van der Waals surface area contributed by atoms with Crippen LogP contribution in [0.3, 0.4) is 0 Å². The van der Waals surface area contributed by atoms with E-state index in [2.05, 4.69) is 5.32 Å². The first kappa shape index (κ1) is 16.0. The molecule has 19 heavy (non-hydrogen) atoms. The topological polar surface area (TPSA) is 39.7 Å². The van der Waals surface area contributed by atoms with Crippen LogP contribution >= 0.6 is 0 Å². The van der Waals surface area contributed by atoms with Crippen LogP contribution in [0.2, 0.25) is 0 Å². The Morgan fingerprint density at radius 1 is 1.05 bits per heavy atom. The second kappa shape index (κ2) is 10.8. The van der Waals surface area contributed by atoms with Crippen LogP contribution in [-0.4, -0.2) is 39.2 Å². The van der Waals surface area contributed by atoms with Gasteiger partial charge >= 0.3 is 0 Å². The Kier molecular flexibility index (Phi) is 9.06. The summed E-state index contributed by atoms with van der Waals surface area (Å²) in [6.07, 6.45) is 0.810. The third kappa shape index (κ3) is 7.82. The van der Waals surface area contributed by atoms with Gasteiger partial charge in [-0.1, -0.05) is 18.2 Å². The molecular weight excluding hydrogens is 242 g/mol. The molecule has 0 atom stereocenters. The summed E-state index contributed by atoms with van der Waals surface area (Å²) in [6, 6.07) is 9.86. The molecule has 4 heteroatoms. The number of nitrogens with one attached hydrogen (secondary N) is 1. The number of ether oxygens (including phenoxy) is 3. The molecule has 0 unspecified atom stereocenters. The fraction of sp³-hybridized carbons (Fsp3) is 0.600. The van der Waals surface area contributed by atoms with Gasteiger partial charge in [0.05, 0.1) is 6.61 Å². The first-order chi connectivity index (χ1) is 9.36. The Hall–Kier alpha value is -1.10. The number of hydrogen-bond donors (Lipinski definition) is 1. The average molecular weight is 267 g/mol. The summed E-state index contributed by atoms with van der Waals surface area (Å²) in [4.78, 5) is 0. The monoisotopic (exact) mass is 267 g/mol. The molecule has 0 heterocycles. The lowest BCUT2D eigenvalue weighted by Crippen LogP contribution is -2.32. The molecule has 0 saturated heterocycles. The van der Waals surface area contributed by atoms with Gasteiger partial charge in [0.25, 0.3) is 0 Å². The SMILES string of the molecule is CCOC(CNCCCOc1ccccc1)OCC. The first-order valence-electron chi connectivity index (χ1n) is 6.98. The van der Waals surface area contributed by atoms with Gasteiger partial charge < -0.3 is 19.5 Å². The second-order valence-corrected chi connectivity index (χ2v) is 4.06. The van der Waals surface area contributed by atoms with E-state index in [1.54, 1.807) is 0 Å². The van der Waals surface area contributed by atoms with E-state index in [1.807, 2.05) is 44.2 Å². The van der Waals surface area contributed by atoms with E-state index in [9.17, 15) is 0 Å². The standard InChI is InChI=1S/C15H25NO3/c1-3-17-15(18-4-2)13-16-11-8-12-19-14-9-6-5-7-10-14/h5-7,9-10,15-16H,3-4,8,11-13H2,1-2H3. The van der Waals surface area contributed by atoms with Gasteiger partial charge in [-0.3, -0.25) is 0 Å². The zero-order chi connectivity index (χ0) is 13.8. The molecule has 0 aliphatic heterocycles. The van der Waals surface area contributed by atoms with Gasteiger partial charge in [0, 0.05) is 19.8 Å². The summed E-state index contributed by atoms with van der Waals surface area (Å²) < 4.78 is 16.5. The van der Waals surface area contributed by atoms with Crippen molar-refractivity contribution in [3.8, 4) is 5.75 Å². The van der Waals surface area contributed by atoms with Gasteiger partial charge in [0.15, 0.2) is 6.29 Å². The molecule has 0 radical (unpaired) electrons. The van der Waals surface area contributed by atoms with Gasteiger partial charge in [-0.2, -0.15) is 0 Å². The average Bonchev–Trinajstić information content (AvgIpc) is 2.44. The first-order valence-corrected chi connectivity index (χ1v) is 6.98. The Bertz CT molecular complexity index is 300. The van der Waals surface area contributed by atoms with Crippen LogP contribution in [0.1, 0.15) is 20.3 Å². The molecule has 1 aromatic carbocycles. The second-order valence-electron chi connectivity index (χ2n) is 4.06. The molecule has 1 rings (SSSR count). The van der Waals surface area contributed by atoms with E-state index in [1.165, 1.54) is 0 Å². The maximum Gasteiger partial charge on any atom is 0.169 e. The van der Waals surface area contributed by atoms with E-state index in [0.29, 0.717) is 26.4 Å². The van der Waals surface area contributed by atoms with Crippen molar-refractivity contribution in [1.82, 2.24) is 5.32 Å². The maximum atomic E-state index is 5.61. The van der Waals surface area contributed by atoms with Crippen molar-refractivity contribution < 1.29 is 14.2 Å². The summed E-state index contributed by atoms with van der Waals surface area (Å²) in [7, 11) is 0. The van der Waals surface area contributed by atoms with Gasteiger partial charge in [-0.25, -0.2) is 0 Å². The molecular formula is C15H25NO3. The zero-order valence-corrected chi connectivity index (χ0v) is 11.9. The molecule has 0 aliphatic carbocycles. The summed E-state index contributed by atoms with van der Waals surface area (Å²) in [5.41, 5.74) is 0. The maximum absolute atomic E-state index is 5.61. The lowest BCUT2D eigenvalue weighted by Gasteiger charge is -2.17. The molecule has 0 spiro atoms. The third-order valence-electron chi connectivity index (χ3n) is 2.53. The third-order valence-corrected chi connectivity index (χ3v) is 2.53. The van der Waals surface area contributed by atoms with Crippen molar-refractivity contribution in [2.75, 3.05) is 32.9 Å². The van der Waals surface area contributed by atoms with Crippen LogP contribution in [0.4, 0.5) is 0 Å². The minimum absolute atomic E-state index is 0.148. The minimum atomic E-state index is -0.148. The number of hydrogen-bond acceptors (Lipinski definition) is 4. The number of rotatable bonds is 11. The van der Waals surface area contributed by atoms with Gasteiger partial charge in [0.2, 0.25) is 0 Å². The fourth-order valence-electron chi connectivity index (χ4n) is 1.66. The minimum Gasteiger partial charge on any atom is -0.494 e. The highest BCUT2D eigenvalue weighted by Gasteiger charge is 2.06. The Labute approximate surface area is 116 Å². The van der Waals surface area contributed by atoms with Crippen molar-refractivity contribution in [1.29, 1.82) is 0 Å². The van der Waals surface area contributed by atoms with Crippen LogP contribution in [0, 0.1) is 0 Å². The zero-order valence-electron chi connectivity index (χ0n) is 11.9. The van der Waals surface area contributed by atoms with E-state index in [0.717, 1.165) is 18.7 Å². The Balaban J connectivity index is 2.01. The lowest BCUT2D eigenvalue weighted by atomic mass is 10.3. The summed E-state index contributed by atoms with van der Waals surface area (Å²) >= 11 is 0. The molecule has 0 saturated carbocycles. The predicted molar refractivity (Wildman–Crippen MR) is 76.5 cm³/mol. The molecule has 1 N–H and O–H groups in total. The molecule has 1 aromatic rings. The van der Waals surface area contributed by atoms with Crippen molar-refractivity contribution in [3.63, 3.8) is 0 Å². The Morgan fingerprint density at radius 2 is 1.74 bits per heavy atom. The molecule has 4 nitrogen and oxygen atoms in total. The predicted octanol–water partition coefficient (Wildman–Crippen LogP) is 2.44. The highest BCUT2D eigenvalue weighted by Crippen LogP contribution is 2.07. The van der Waals surface area contributed by atoms with Crippen LogP contribution in [0.15, 0.2) is 30.3 Å². The van der Waals surface area contributed by atoms with Gasteiger partial charge in [-0.05, 0) is 38.9 Å². The van der Waals surface area contributed by atoms with Crippen molar-refractivity contribution in [3.05, 3.63) is 30.3 Å². The van der Waals surface area contributed by atoms with Gasteiger partial charge in [-0.15, -0.1) is 0 Å². The van der Waals surface area contributed by atoms with E-state index in [-0.39, 0.29) is 6.29 Å². The number of benzene rings is 1. The van der Waals surface area contributed by atoms with E-state index in [4.69, 9.17) is 14.2 Å². The highest BCUT2D eigenvalue weighted by atomic mass is 16.7. The van der Waals surface area contributed by atoms with Crippen molar-refractivity contribution in [2.45, 2.75) is 26.6 Å². The van der Waals surface area contributed by atoms with Crippen LogP contribution in [0.5, 0.6) is 5.75 Å². The molecule has 0 aliphatic rings. The Morgan fingerprint density at radius 3 is 2.37 bits per heavy atom. The smallest absolute Gasteiger partial charge is 0.169 e. The molecule has 0 bridgehead atoms. The van der Waals surface area contributed by atoms with E-state index >= 15 is 0 Å². The quantitative estimate of drug-likeness (QED) is 0.494.